The van der Waals surface area contributed by atoms with Crippen molar-refractivity contribution in [2.24, 2.45) is 0 Å². The molecule has 0 saturated carbocycles. The second-order valence-corrected chi connectivity index (χ2v) is 7.72. The molecule has 0 aliphatic heterocycles. The topological polar surface area (TPSA) is 104 Å². The van der Waals surface area contributed by atoms with Crippen LogP contribution in [0.15, 0.2) is 6.07 Å². The van der Waals surface area contributed by atoms with Crippen molar-refractivity contribution in [2.75, 3.05) is 13.7 Å². The summed E-state index contributed by atoms with van der Waals surface area (Å²) in [5, 5.41) is 27.9. The molecule has 0 heterocycles. The SMILES string of the molecule is COCCCc1cc(C(=O)c2c(Cl)c(Cl)c(Cl)c(Cl)c2C(=O)O)c(O)c(Cl)c1O. The summed E-state index contributed by atoms with van der Waals surface area (Å²) < 4.78 is 4.94. The van der Waals surface area contributed by atoms with Crippen LogP contribution < -0.4 is 0 Å². The van der Waals surface area contributed by atoms with E-state index in [-0.39, 0.29) is 27.6 Å². The van der Waals surface area contributed by atoms with Gasteiger partial charge in [0.05, 0.1) is 36.8 Å². The van der Waals surface area contributed by atoms with E-state index in [0.29, 0.717) is 13.0 Å². The molecule has 0 amide bonds. The van der Waals surface area contributed by atoms with E-state index in [1.165, 1.54) is 13.2 Å². The number of halogens is 5. The summed E-state index contributed by atoms with van der Waals surface area (Å²) in [4.78, 5) is 24.8. The lowest BCUT2D eigenvalue weighted by atomic mass is 9.94. The highest BCUT2D eigenvalue weighted by Crippen LogP contribution is 2.45. The molecule has 0 atom stereocenters. The third-order valence-corrected chi connectivity index (χ3v) is 6.20. The Hall–Kier alpha value is -1.41. The second-order valence-electron chi connectivity index (χ2n) is 5.83. The summed E-state index contributed by atoms with van der Waals surface area (Å²) in [7, 11) is 1.50. The number of ether oxygens (including phenoxy) is 1. The van der Waals surface area contributed by atoms with Crippen LogP contribution in [0.3, 0.4) is 0 Å². The number of hydrogen-bond acceptors (Lipinski definition) is 5. The molecule has 3 N–H and O–H groups in total. The number of carbonyl (C=O) groups is 2. The molecule has 2 aromatic rings. The molecule has 2 aromatic carbocycles. The lowest BCUT2D eigenvalue weighted by molar-refractivity contribution is 0.0693. The standard InChI is InChI=1S/C18H13Cl5O6/c1-29-4-2-3-6-5-7(17(26)14(23)15(6)24)16(25)8-9(18(27)28)11(20)13(22)12(21)10(8)19/h5,24,26H,2-4H2,1H3,(H,27,28). The van der Waals surface area contributed by atoms with Crippen molar-refractivity contribution < 1.29 is 29.6 Å². The van der Waals surface area contributed by atoms with Gasteiger partial charge in [0.15, 0.2) is 5.78 Å². The zero-order valence-electron chi connectivity index (χ0n) is 14.7. The first kappa shape index (κ1) is 23.9. The highest BCUT2D eigenvalue weighted by Gasteiger charge is 2.31. The number of phenols is 2. The summed E-state index contributed by atoms with van der Waals surface area (Å²) in [5.41, 5.74) is -1.40. The number of carbonyl (C=O) groups excluding carboxylic acids is 1. The van der Waals surface area contributed by atoms with E-state index in [4.69, 9.17) is 62.7 Å². The molecule has 29 heavy (non-hydrogen) atoms. The van der Waals surface area contributed by atoms with E-state index < -0.39 is 49.4 Å². The molecule has 0 bridgehead atoms. The highest BCUT2D eigenvalue weighted by atomic mass is 35.5. The van der Waals surface area contributed by atoms with E-state index in [0.717, 1.165) is 0 Å². The first-order chi connectivity index (χ1) is 13.5. The summed E-state index contributed by atoms with van der Waals surface area (Å²) in [6, 6.07) is 1.19. The van der Waals surface area contributed by atoms with Crippen LogP contribution in [-0.4, -0.2) is 40.8 Å². The number of aryl methyl sites for hydroxylation is 1. The van der Waals surface area contributed by atoms with Crippen LogP contribution in [0.2, 0.25) is 25.1 Å². The Balaban J connectivity index is 2.74. The van der Waals surface area contributed by atoms with Gasteiger partial charge in [0.2, 0.25) is 0 Å². The van der Waals surface area contributed by atoms with Crippen LogP contribution in [0.4, 0.5) is 0 Å². The van der Waals surface area contributed by atoms with E-state index in [2.05, 4.69) is 0 Å². The maximum absolute atomic E-state index is 13.1. The highest BCUT2D eigenvalue weighted by molar-refractivity contribution is 6.54. The molecule has 0 unspecified atom stereocenters. The maximum Gasteiger partial charge on any atom is 0.338 e. The van der Waals surface area contributed by atoms with Crippen LogP contribution in [0, 0.1) is 0 Å². The van der Waals surface area contributed by atoms with Crippen molar-refractivity contribution in [1.29, 1.82) is 0 Å². The monoisotopic (exact) mass is 500 g/mol. The van der Waals surface area contributed by atoms with Crippen LogP contribution in [0.5, 0.6) is 11.5 Å². The fourth-order valence-corrected chi connectivity index (χ4v) is 3.88. The fraction of sp³-hybridized carbons (Fsp3) is 0.222. The van der Waals surface area contributed by atoms with Gasteiger partial charge in [-0.05, 0) is 24.5 Å². The van der Waals surface area contributed by atoms with E-state index in [1.54, 1.807) is 0 Å². The smallest absolute Gasteiger partial charge is 0.338 e. The van der Waals surface area contributed by atoms with Gasteiger partial charge in [-0.25, -0.2) is 4.79 Å². The van der Waals surface area contributed by atoms with Crippen molar-refractivity contribution in [2.45, 2.75) is 12.8 Å². The Labute approximate surface area is 190 Å². The molecule has 6 nitrogen and oxygen atoms in total. The van der Waals surface area contributed by atoms with Gasteiger partial charge in [-0.3, -0.25) is 4.79 Å². The Morgan fingerprint density at radius 1 is 0.897 bits per heavy atom. The molecule has 0 aromatic heterocycles. The maximum atomic E-state index is 13.1. The number of carboxylic acids is 1. The minimum Gasteiger partial charge on any atom is -0.506 e. The van der Waals surface area contributed by atoms with Crippen LogP contribution in [0.1, 0.15) is 38.3 Å². The third kappa shape index (κ3) is 4.53. The Morgan fingerprint density at radius 3 is 1.97 bits per heavy atom. The summed E-state index contributed by atoms with van der Waals surface area (Å²) >= 11 is 29.9. The molecule has 0 fully saturated rings. The minimum atomic E-state index is -1.58. The number of aromatic carboxylic acids is 1. The normalized spacial score (nSPS) is 11.0. The molecule has 0 saturated heterocycles. The second kappa shape index (κ2) is 9.60. The van der Waals surface area contributed by atoms with Gasteiger partial charge in [0.1, 0.15) is 16.5 Å². The third-order valence-electron chi connectivity index (χ3n) is 4.04. The van der Waals surface area contributed by atoms with Gasteiger partial charge in [-0.1, -0.05) is 58.0 Å². The van der Waals surface area contributed by atoms with E-state index >= 15 is 0 Å². The number of phenolic OH excluding ortho intramolecular Hbond substituents is 2. The fourth-order valence-electron chi connectivity index (χ4n) is 2.63. The molecule has 156 valence electrons. The number of rotatable bonds is 7. The number of ketones is 1. The first-order valence-corrected chi connectivity index (χ1v) is 9.79. The molecular formula is C18H13Cl5O6. The predicted octanol–water partition coefficient (Wildman–Crippen LogP) is 5.87. The molecule has 2 rings (SSSR count). The number of methoxy groups -OCH3 is 1. The molecular weight excluding hydrogens is 489 g/mol. The Bertz CT molecular complexity index is 1010. The number of benzene rings is 2. The Kier molecular flexibility index (Phi) is 7.90. The van der Waals surface area contributed by atoms with Crippen LogP contribution in [0.25, 0.3) is 0 Å². The van der Waals surface area contributed by atoms with Crippen molar-refractivity contribution in [3.05, 3.63) is 53.4 Å². The number of aromatic hydroxyl groups is 2. The Morgan fingerprint density at radius 2 is 1.45 bits per heavy atom. The number of carboxylic acid groups (broad SMARTS) is 1. The predicted molar refractivity (Wildman–Crippen MR) is 112 cm³/mol. The van der Waals surface area contributed by atoms with E-state index in [1.807, 2.05) is 0 Å². The van der Waals surface area contributed by atoms with Crippen molar-refractivity contribution in [1.82, 2.24) is 0 Å². The average molecular weight is 503 g/mol. The van der Waals surface area contributed by atoms with Crippen molar-refractivity contribution in [3.8, 4) is 11.5 Å². The van der Waals surface area contributed by atoms with Gasteiger partial charge in [0.25, 0.3) is 0 Å². The lowest BCUT2D eigenvalue weighted by Crippen LogP contribution is -2.13. The number of hydrogen-bond donors (Lipinski definition) is 3. The summed E-state index contributed by atoms with van der Waals surface area (Å²) in [5.74, 6) is -3.75. The summed E-state index contributed by atoms with van der Waals surface area (Å²) in [6.07, 6.45) is 0.750. The zero-order chi connectivity index (χ0) is 22.0. The molecule has 0 aliphatic carbocycles. The van der Waals surface area contributed by atoms with Gasteiger partial charge >= 0.3 is 5.97 Å². The lowest BCUT2D eigenvalue weighted by Gasteiger charge is -2.16. The molecule has 0 radical (unpaired) electrons. The quantitative estimate of drug-likeness (QED) is 0.189. The van der Waals surface area contributed by atoms with Gasteiger partial charge in [-0.15, -0.1) is 0 Å². The van der Waals surface area contributed by atoms with Crippen LogP contribution in [-0.2, 0) is 11.2 Å². The first-order valence-electron chi connectivity index (χ1n) is 7.90. The van der Waals surface area contributed by atoms with Gasteiger partial charge < -0.3 is 20.1 Å². The van der Waals surface area contributed by atoms with Crippen molar-refractivity contribution >= 4 is 69.8 Å². The largest absolute Gasteiger partial charge is 0.506 e. The van der Waals surface area contributed by atoms with Gasteiger partial charge in [-0.2, -0.15) is 0 Å². The zero-order valence-corrected chi connectivity index (χ0v) is 18.4. The molecule has 0 aliphatic rings. The molecule has 11 heteroatoms. The minimum absolute atomic E-state index is 0.243. The van der Waals surface area contributed by atoms with Crippen LogP contribution >= 0.6 is 58.0 Å². The van der Waals surface area contributed by atoms with Gasteiger partial charge in [0, 0.05) is 13.7 Å². The molecule has 0 spiro atoms. The van der Waals surface area contributed by atoms with E-state index in [9.17, 15) is 24.9 Å². The average Bonchev–Trinajstić information content (AvgIpc) is 2.68. The summed E-state index contributed by atoms with van der Waals surface area (Å²) in [6.45, 7) is 0.374. The van der Waals surface area contributed by atoms with Crippen molar-refractivity contribution in [3.63, 3.8) is 0 Å².